The zero-order valence-corrected chi connectivity index (χ0v) is 29.5. The average Bonchev–Trinajstić information content (AvgIpc) is 3.38. The summed E-state index contributed by atoms with van der Waals surface area (Å²) in [7, 11) is 0. The lowest BCUT2D eigenvalue weighted by Gasteiger charge is -2.73. The summed E-state index contributed by atoms with van der Waals surface area (Å²) in [6.07, 6.45) is -5.64. The summed E-state index contributed by atoms with van der Waals surface area (Å²) in [5.74, 6) is -6.59. The first-order chi connectivity index (χ1) is 23.3. The number of hydrogen-bond acceptors (Lipinski definition) is 14. The molecule has 6 fully saturated rings. The molecule has 50 heavy (non-hydrogen) atoms. The molecular weight excluding hydrogens is 656 g/mol. The van der Waals surface area contributed by atoms with Crippen molar-refractivity contribution in [3.8, 4) is 0 Å². The lowest BCUT2D eigenvalue weighted by molar-refractivity contribution is -0.391. The molecule has 3 heterocycles. The molecule has 1 aromatic heterocycles. The highest BCUT2D eigenvalue weighted by molar-refractivity contribution is 5.93. The van der Waals surface area contributed by atoms with Crippen LogP contribution in [0.5, 0.6) is 0 Å². The van der Waals surface area contributed by atoms with Crippen LogP contribution >= 0.6 is 0 Å². The molecule has 0 aromatic carbocycles. The van der Waals surface area contributed by atoms with Crippen molar-refractivity contribution in [3.63, 3.8) is 0 Å². The number of esters is 4. The second-order valence-corrected chi connectivity index (χ2v) is 16.1. The number of aliphatic hydroxyl groups excluding tert-OH is 2. The Labute approximate surface area is 289 Å². The van der Waals surface area contributed by atoms with Crippen LogP contribution in [0.25, 0.3) is 0 Å². The fraction of sp³-hybridized carbons (Fsp3) is 0.750. The van der Waals surface area contributed by atoms with Crippen molar-refractivity contribution in [1.29, 1.82) is 0 Å². The van der Waals surface area contributed by atoms with Crippen LogP contribution in [0.4, 0.5) is 0 Å². The second-order valence-electron chi connectivity index (χ2n) is 16.1. The van der Waals surface area contributed by atoms with Gasteiger partial charge in [0.1, 0.15) is 11.7 Å². The van der Waals surface area contributed by atoms with Crippen LogP contribution in [0.3, 0.4) is 0 Å². The number of rotatable bonds is 6. The number of hydrogen-bond donors (Lipinski definition) is 2. The molecule has 2 bridgehead atoms. The summed E-state index contributed by atoms with van der Waals surface area (Å²) < 4.78 is 42.0. The van der Waals surface area contributed by atoms with Gasteiger partial charge in [-0.2, -0.15) is 0 Å². The van der Waals surface area contributed by atoms with E-state index in [9.17, 15) is 29.4 Å². The van der Waals surface area contributed by atoms with Gasteiger partial charge >= 0.3 is 23.9 Å². The molecule has 274 valence electrons. The second kappa shape index (κ2) is 11.1. The fourth-order valence-corrected chi connectivity index (χ4v) is 11.7. The number of ether oxygens (including phenoxy) is 6. The number of ketones is 1. The van der Waals surface area contributed by atoms with E-state index in [0.717, 1.165) is 19.4 Å². The molecule has 4 aliphatic carbocycles. The van der Waals surface area contributed by atoms with E-state index in [4.69, 9.17) is 32.8 Å². The molecule has 14 nitrogen and oxygen atoms in total. The minimum absolute atomic E-state index is 0.0556. The minimum atomic E-state index is -1.70. The van der Waals surface area contributed by atoms with E-state index in [2.05, 4.69) is 0 Å². The van der Waals surface area contributed by atoms with Crippen LogP contribution in [0.15, 0.2) is 23.0 Å². The lowest BCUT2D eigenvalue weighted by Crippen LogP contribution is -2.84. The van der Waals surface area contributed by atoms with E-state index in [1.54, 1.807) is 40.0 Å². The van der Waals surface area contributed by atoms with Gasteiger partial charge in [0.05, 0.1) is 48.1 Å². The third-order valence-electron chi connectivity index (χ3n) is 13.6. The first-order valence-corrected chi connectivity index (χ1v) is 17.3. The van der Waals surface area contributed by atoms with Crippen LogP contribution in [0.1, 0.15) is 79.7 Å². The SMILES string of the molecule is CC(=O)O[C@H]1[C@@H](OC(C)=O)[C@]2(C)[C@@H](OC(=O)C(C)C)OC[C@]3([C@H]4C(=O)[C@H](OC(C)=O)[C@@]5(C)[C@H](c6ccoc6)C[C@H]6O[C@]65[C@]4(C)[C@H](O)C[C@@H]23)[C@H]1O. The van der Waals surface area contributed by atoms with Crippen molar-refractivity contribution in [2.45, 2.75) is 123 Å². The van der Waals surface area contributed by atoms with E-state index in [1.807, 2.05) is 6.92 Å². The largest absolute Gasteiger partial charge is 0.472 e. The number of carbonyl (C=O) groups excluding carboxylic acids is 5. The van der Waals surface area contributed by atoms with Crippen molar-refractivity contribution in [1.82, 2.24) is 0 Å². The van der Waals surface area contributed by atoms with Gasteiger partial charge in [0.25, 0.3) is 0 Å². The maximum Gasteiger partial charge on any atom is 0.310 e. The third kappa shape index (κ3) is 4.07. The minimum Gasteiger partial charge on any atom is -0.472 e. The lowest BCUT2D eigenvalue weighted by atomic mass is 9.33. The van der Waals surface area contributed by atoms with Crippen LogP contribution in [-0.2, 0) is 52.4 Å². The van der Waals surface area contributed by atoms with E-state index >= 15 is 4.79 Å². The van der Waals surface area contributed by atoms with Gasteiger partial charge in [0.15, 0.2) is 24.1 Å². The van der Waals surface area contributed by atoms with Crippen LogP contribution in [0.2, 0.25) is 0 Å². The quantitative estimate of drug-likeness (QED) is 0.249. The molecule has 4 saturated carbocycles. The van der Waals surface area contributed by atoms with Gasteiger partial charge in [0, 0.05) is 43.4 Å². The molecule has 14 heteroatoms. The number of aliphatic hydroxyl groups is 2. The summed E-state index contributed by atoms with van der Waals surface area (Å²) in [6.45, 7) is 11.7. The van der Waals surface area contributed by atoms with Gasteiger partial charge in [-0.25, -0.2) is 0 Å². The van der Waals surface area contributed by atoms with Gasteiger partial charge in [-0.3, -0.25) is 24.0 Å². The van der Waals surface area contributed by atoms with Gasteiger partial charge < -0.3 is 43.1 Å². The van der Waals surface area contributed by atoms with Crippen molar-refractivity contribution in [3.05, 3.63) is 24.2 Å². The molecule has 2 aliphatic heterocycles. The molecule has 0 unspecified atom stereocenters. The van der Waals surface area contributed by atoms with E-state index < -0.39 is 118 Å². The molecule has 15 atom stereocenters. The van der Waals surface area contributed by atoms with Gasteiger partial charge in [-0.05, 0) is 37.3 Å². The number of epoxide rings is 1. The Bertz CT molecular complexity index is 1620. The summed E-state index contributed by atoms with van der Waals surface area (Å²) in [4.78, 5) is 66.7. The van der Waals surface area contributed by atoms with Gasteiger partial charge in [0.2, 0.25) is 6.29 Å². The number of fused-ring (bicyclic) bond motifs is 1. The molecule has 1 aromatic rings. The first kappa shape index (κ1) is 35.1. The maximum atomic E-state index is 15.5. The smallest absolute Gasteiger partial charge is 0.310 e. The van der Waals surface area contributed by atoms with Crippen LogP contribution in [-0.4, -0.2) is 95.0 Å². The Morgan fingerprint density at radius 2 is 1.58 bits per heavy atom. The summed E-state index contributed by atoms with van der Waals surface area (Å²) in [5.41, 5.74) is -6.22. The topological polar surface area (TPSA) is 198 Å². The third-order valence-corrected chi connectivity index (χ3v) is 13.6. The van der Waals surface area contributed by atoms with Gasteiger partial charge in [-0.1, -0.05) is 27.7 Å². The van der Waals surface area contributed by atoms with E-state index in [-0.39, 0.29) is 18.9 Å². The Balaban J connectivity index is 1.46. The average molecular weight is 703 g/mol. The number of carbonyl (C=O) groups is 5. The Hall–Kier alpha value is -3.33. The predicted molar refractivity (Wildman–Crippen MR) is 166 cm³/mol. The molecule has 0 amide bonds. The summed E-state index contributed by atoms with van der Waals surface area (Å²) in [5, 5.41) is 25.2. The standard InChI is InChI=1S/C36H46O14/c1-15(2)30(43)49-31-32(6)21-12-22(40)34(8)26(35(21,14-45-31)27(42)25(46-16(3)37)29(32)48-18(5)39)24(41)28(47-17(4)38)33(7)20(19-9-10-44-13-19)11-23-36(33,34)50-23/h9-10,13,15,20-23,25-29,31,40,42H,11-12,14H2,1-8H3/t20-,21-,22+,23+,25+,26-,27-,28-,29+,31+,32+,33+,34+,35-,36+/m0/s1. The highest BCUT2D eigenvalue weighted by atomic mass is 16.7. The molecule has 6 aliphatic rings. The van der Waals surface area contributed by atoms with Crippen molar-refractivity contribution < 1.29 is 67.0 Å². The Morgan fingerprint density at radius 1 is 0.920 bits per heavy atom. The maximum absolute atomic E-state index is 15.5. The van der Waals surface area contributed by atoms with Gasteiger partial charge in [-0.15, -0.1) is 0 Å². The highest BCUT2D eigenvalue weighted by Gasteiger charge is 2.93. The molecule has 1 spiro atoms. The van der Waals surface area contributed by atoms with E-state index in [1.165, 1.54) is 13.2 Å². The molecule has 2 N–H and O–H groups in total. The molecular formula is C36H46O14. The van der Waals surface area contributed by atoms with Crippen molar-refractivity contribution in [2.75, 3.05) is 6.61 Å². The summed E-state index contributed by atoms with van der Waals surface area (Å²) in [6, 6.07) is 1.80. The Kier molecular flexibility index (Phi) is 7.78. The molecule has 0 radical (unpaired) electrons. The normalized spacial score (nSPS) is 48.3. The molecule has 7 rings (SSSR count). The van der Waals surface area contributed by atoms with Crippen molar-refractivity contribution in [2.24, 2.45) is 39.4 Å². The monoisotopic (exact) mass is 702 g/mol. The van der Waals surface area contributed by atoms with Crippen LogP contribution in [0, 0.1) is 39.4 Å². The highest BCUT2D eigenvalue weighted by Crippen LogP contribution is 2.83. The molecule has 2 saturated heterocycles. The van der Waals surface area contributed by atoms with E-state index in [0.29, 0.717) is 6.42 Å². The zero-order chi connectivity index (χ0) is 36.5. The zero-order valence-electron chi connectivity index (χ0n) is 29.5. The summed E-state index contributed by atoms with van der Waals surface area (Å²) >= 11 is 0. The Morgan fingerprint density at radius 3 is 2.16 bits per heavy atom. The predicted octanol–water partition coefficient (Wildman–Crippen LogP) is 2.21. The number of Topliss-reactive ketones (excluding diaryl/α,β-unsaturated/α-hetero) is 1. The number of furan rings is 1. The van der Waals surface area contributed by atoms with Crippen molar-refractivity contribution >= 4 is 29.7 Å². The fourth-order valence-electron chi connectivity index (χ4n) is 11.7. The van der Waals surface area contributed by atoms with Crippen LogP contribution < -0.4 is 0 Å². The first-order valence-electron chi connectivity index (χ1n) is 17.3.